The van der Waals surface area contributed by atoms with E-state index in [1.807, 2.05) is 12.1 Å². The van der Waals surface area contributed by atoms with Gasteiger partial charge in [-0.25, -0.2) is 0 Å². The number of nitriles is 1. The molecule has 1 saturated carbocycles. The van der Waals surface area contributed by atoms with Crippen LogP contribution in [0.1, 0.15) is 18.4 Å². The van der Waals surface area contributed by atoms with Gasteiger partial charge in [0.05, 0.1) is 11.6 Å². The molecule has 0 bridgehead atoms. The van der Waals surface area contributed by atoms with Crippen molar-refractivity contribution in [1.29, 1.82) is 5.26 Å². The van der Waals surface area contributed by atoms with E-state index in [0.29, 0.717) is 16.7 Å². The largest absolute Gasteiger partial charge is 0.360 e. The topological polar surface area (TPSA) is 47.9 Å². The van der Waals surface area contributed by atoms with Crippen LogP contribution in [0.3, 0.4) is 0 Å². The summed E-state index contributed by atoms with van der Waals surface area (Å²) in [5.74, 6) is 0. The molecule has 1 aromatic carbocycles. The molecule has 0 aliphatic heterocycles. The normalized spacial score (nSPS) is 14.1. The Morgan fingerprint density at radius 2 is 2.27 bits per heavy atom. The zero-order valence-corrected chi connectivity index (χ0v) is 8.97. The van der Waals surface area contributed by atoms with Crippen molar-refractivity contribution in [2.24, 2.45) is 0 Å². The van der Waals surface area contributed by atoms with Crippen LogP contribution in [-0.4, -0.2) is 11.2 Å². The van der Waals surface area contributed by atoms with Gasteiger partial charge >= 0.3 is 0 Å². The predicted molar refractivity (Wildman–Crippen MR) is 63.5 cm³/mol. The first kappa shape index (κ1) is 9.94. The van der Waals surface area contributed by atoms with E-state index in [2.05, 4.69) is 16.7 Å². The summed E-state index contributed by atoms with van der Waals surface area (Å²) in [6.07, 6.45) is 2.39. The number of hydrogen-bond acceptors (Lipinski definition) is 2. The molecular formula is C11H11N3S. The Labute approximate surface area is 94.1 Å². The van der Waals surface area contributed by atoms with E-state index >= 15 is 0 Å². The predicted octanol–water partition coefficient (Wildman–Crippen LogP) is 2.01. The fourth-order valence-corrected chi connectivity index (χ4v) is 1.53. The minimum absolute atomic E-state index is 0.546. The molecule has 76 valence electrons. The lowest BCUT2D eigenvalue weighted by atomic mass is 10.2. The lowest BCUT2D eigenvalue weighted by Crippen LogP contribution is -2.30. The summed E-state index contributed by atoms with van der Waals surface area (Å²) in [6.45, 7) is 0. The Kier molecular flexibility index (Phi) is 2.84. The first-order valence-electron chi connectivity index (χ1n) is 4.85. The number of nitrogens with zero attached hydrogens (tertiary/aromatic N) is 1. The molecule has 4 heteroatoms. The van der Waals surface area contributed by atoms with E-state index in [-0.39, 0.29) is 0 Å². The highest BCUT2D eigenvalue weighted by molar-refractivity contribution is 7.80. The molecule has 1 fully saturated rings. The van der Waals surface area contributed by atoms with Crippen molar-refractivity contribution in [2.45, 2.75) is 18.9 Å². The van der Waals surface area contributed by atoms with Gasteiger partial charge in [0.25, 0.3) is 0 Å². The van der Waals surface area contributed by atoms with Gasteiger partial charge in [-0.2, -0.15) is 5.26 Å². The first-order chi connectivity index (χ1) is 7.28. The molecular weight excluding hydrogens is 206 g/mol. The molecule has 1 aliphatic carbocycles. The zero-order chi connectivity index (χ0) is 10.7. The van der Waals surface area contributed by atoms with Crippen LogP contribution < -0.4 is 10.6 Å². The van der Waals surface area contributed by atoms with Crippen molar-refractivity contribution < 1.29 is 0 Å². The van der Waals surface area contributed by atoms with E-state index < -0.39 is 0 Å². The Bertz CT molecular complexity index is 418. The van der Waals surface area contributed by atoms with Crippen LogP contribution in [-0.2, 0) is 0 Å². The van der Waals surface area contributed by atoms with Gasteiger partial charge in [0.15, 0.2) is 5.11 Å². The Morgan fingerprint density at radius 1 is 1.47 bits per heavy atom. The number of rotatable bonds is 2. The molecule has 1 aliphatic rings. The Morgan fingerprint density at radius 3 is 2.93 bits per heavy atom. The van der Waals surface area contributed by atoms with Gasteiger partial charge in [-0.15, -0.1) is 0 Å². The molecule has 1 aromatic rings. The average Bonchev–Trinajstić information content (AvgIpc) is 3.02. The summed E-state index contributed by atoms with van der Waals surface area (Å²) in [7, 11) is 0. The quantitative estimate of drug-likeness (QED) is 0.744. The third kappa shape index (κ3) is 2.93. The molecule has 0 amide bonds. The molecule has 0 atom stereocenters. The van der Waals surface area contributed by atoms with Crippen LogP contribution in [0.4, 0.5) is 5.69 Å². The maximum absolute atomic E-state index is 8.73. The monoisotopic (exact) mass is 217 g/mol. The van der Waals surface area contributed by atoms with Gasteiger partial charge in [-0.1, -0.05) is 6.07 Å². The van der Waals surface area contributed by atoms with Crippen LogP contribution >= 0.6 is 12.2 Å². The molecule has 0 heterocycles. The number of anilines is 1. The van der Waals surface area contributed by atoms with Crippen LogP contribution in [0.2, 0.25) is 0 Å². The summed E-state index contributed by atoms with van der Waals surface area (Å²) in [6, 6.07) is 9.91. The maximum Gasteiger partial charge on any atom is 0.170 e. The highest BCUT2D eigenvalue weighted by atomic mass is 32.1. The van der Waals surface area contributed by atoms with Crippen molar-refractivity contribution >= 4 is 23.0 Å². The first-order valence-corrected chi connectivity index (χ1v) is 5.26. The number of benzene rings is 1. The second-order valence-corrected chi connectivity index (χ2v) is 3.97. The summed E-state index contributed by atoms with van der Waals surface area (Å²) in [5, 5.41) is 15.6. The molecule has 0 aromatic heterocycles. The fraction of sp³-hybridized carbons (Fsp3) is 0.273. The van der Waals surface area contributed by atoms with Crippen LogP contribution in [0, 0.1) is 11.3 Å². The minimum Gasteiger partial charge on any atom is -0.360 e. The van der Waals surface area contributed by atoms with E-state index in [1.54, 1.807) is 12.1 Å². The zero-order valence-electron chi connectivity index (χ0n) is 8.16. The van der Waals surface area contributed by atoms with Crippen molar-refractivity contribution in [3.63, 3.8) is 0 Å². The smallest absolute Gasteiger partial charge is 0.170 e. The van der Waals surface area contributed by atoms with E-state index in [9.17, 15) is 0 Å². The molecule has 0 radical (unpaired) electrons. The molecule has 0 unspecified atom stereocenters. The van der Waals surface area contributed by atoms with Gasteiger partial charge in [0.2, 0.25) is 0 Å². The lowest BCUT2D eigenvalue weighted by molar-refractivity contribution is 0.919. The third-order valence-electron chi connectivity index (χ3n) is 2.16. The molecule has 3 nitrogen and oxygen atoms in total. The lowest BCUT2D eigenvalue weighted by Gasteiger charge is -2.09. The fourth-order valence-electron chi connectivity index (χ4n) is 1.25. The van der Waals surface area contributed by atoms with Crippen LogP contribution in [0.25, 0.3) is 0 Å². The Balaban J connectivity index is 1.97. The maximum atomic E-state index is 8.73. The van der Waals surface area contributed by atoms with Crippen LogP contribution in [0.5, 0.6) is 0 Å². The summed E-state index contributed by atoms with van der Waals surface area (Å²) >= 11 is 5.13. The molecule has 0 spiro atoms. The van der Waals surface area contributed by atoms with Crippen LogP contribution in [0.15, 0.2) is 24.3 Å². The van der Waals surface area contributed by atoms with E-state index in [0.717, 1.165) is 5.69 Å². The Hall–Kier alpha value is -1.60. The molecule has 2 N–H and O–H groups in total. The summed E-state index contributed by atoms with van der Waals surface area (Å²) < 4.78 is 0. The van der Waals surface area contributed by atoms with E-state index in [4.69, 9.17) is 17.5 Å². The van der Waals surface area contributed by atoms with E-state index in [1.165, 1.54) is 12.8 Å². The molecule has 15 heavy (non-hydrogen) atoms. The van der Waals surface area contributed by atoms with Gasteiger partial charge in [0.1, 0.15) is 0 Å². The number of nitrogens with one attached hydrogen (secondary N) is 2. The highest BCUT2D eigenvalue weighted by Gasteiger charge is 2.21. The van der Waals surface area contributed by atoms with Gasteiger partial charge in [-0.3, -0.25) is 0 Å². The summed E-state index contributed by atoms with van der Waals surface area (Å²) in [4.78, 5) is 0. The third-order valence-corrected chi connectivity index (χ3v) is 2.38. The number of thiocarbonyl (C=S) groups is 1. The van der Waals surface area contributed by atoms with Crippen molar-refractivity contribution in [1.82, 2.24) is 5.32 Å². The van der Waals surface area contributed by atoms with Crippen molar-refractivity contribution in [2.75, 3.05) is 5.32 Å². The summed E-state index contributed by atoms with van der Waals surface area (Å²) in [5.41, 5.74) is 1.49. The van der Waals surface area contributed by atoms with Gasteiger partial charge in [0, 0.05) is 11.7 Å². The van der Waals surface area contributed by atoms with Gasteiger partial charge < -0.3 is 10.6 Å². The minimum atomic E-state index is 0.546. The molecule has 0 saturated heterocycles. The highest BCUT2D eigenvalue weighted by Crippen LogP contribution is 2.19. The van der Waals surface area contributed by atoms with Crippen molar-refractivity contribution in [3.8, 4) is 6.07 Å². The standard InChI is InChI=1S/C11H11N3S/c12-7-8-2-1-3-10(6-8)14-11(15)13-9-4-5-9/h1-3,6,9H,4-5H2,(H2,13,14,15). The second kappa shape index (κ2) is 4.28. The SMILES string of the molecule is N#Cc1cccc(NC(=S)NC2CC2)c1. The number of hydrogen-bond donors (Lipinski definition) is 2. The van der Waals surface area contributed by atoms with Crippen molar-refractivity contribution in [3.05, 3.63) is 29.8 Å². The second-order valence-electron chi connectivity index (χ2n) is 3.57. The molecule has 2 rings (SSSR count). The average molecular weight is 217 g/mol. The van der Waals surface area contributed by atoms with Gasteiger partial charge in [-0.05, 0) is 43.3 Å².